The molecule has 2 heterocycles. The molecule has 3 heteroatoms. The largest absolute Gasteiger partial charge is 0.494 e. The molecular formula is C17H18N2O. The van der Waals surface area contributed by atoms with Gasteiger partial charge >= 0.3 is 0 Å². The van der Waals surface area contributed by atoms with E-state index in [-0.39, 0.29) is 0 Å². The highest BCUT2D eigenvalue weighted by molar-refractivity contribution is 5.81. The number of ether oxygens (including phenoxy) is 1. The van der Waals surface area contributed by atoms with Crippen LogP contribution < -0.4 is 4.74 Å². The Balaban J connectivity index is 1.78. The molecule has 0 aliphatic rings. The van der Waals surface area contributed by atoms with Crippen molar-refractivity contribution in [3.8, 4) is 5.75 Å². The first-order chi connectivity index (χ1) is 9.86. The average molecular weight is 266 g/mol. The zero-order valence-electron chi connectivity index (χ0n) is 11.6. The van der Waals surface area contributed by atoms with Crippen molar-refractivity contribution < 1.29 is 4.74 Å². The van der Waals surface area contributed by atoms with Gasteiger partial charge in [-0.3, -0.25) is 4.98 Å². The van der Waals surface area contributed by atoms with E-state index >= 15 is 0 Å². The Morgan fingerprint density at radius 3 is 2.90 bits per heavy atom. The van der Waals surface area contributed by atoms with Gasteiger partial charge in [-0.15, -0.1) is 0 Å². The lowest BCUT2D eigenvalue weighted by molar-refractivity contribution is 0.340. The summed E-state index contributed by atoms with van der Waals surface area (Å²) in [5.74, 6) is 0.933. The number of benzene rings is 1. The standard InChI is InChI=1S/C17H18N2O/c1-2-20-16-6-7-17-14(13-16)8-11-19(17)12-9-15-5-3-4-10-18-15/h3-8,10-11,13H,2,9,12H2,1H3. The highest BCUT2D eigenvalue weighted by atomic mass is 16.5. The first-order valence-electron chi connectivity index (χ1n) is 6.98. The minimum atomic E-state index is 0.700. The molecule has 0 aliphatic carbocycles. The summed E-state index contributed by atoms with van der Waals surface area (Å²) >= 11 is 0. The maximum atomic E-state index is 5.53. The van der Waals surface area contributed by atoms with Gasteiger partial charge in [0.2, 0.25) is 0 Å². The van der Waals surface area contributed by atoms with E-state index in [2.05, 4.69) is 40.0 Å². The smallest absolute Gasteiger partial charge is 0.120 e. The van der Waals surface area contributed by atoms with E-state index in [1.54, 1.807) is 0 Å². The molecular weight excluding hydrogens is 248 g/mol. The van der Waals surface area contributed by atoms with E-state index in [1.807, 2.05) is 31.3 Å². The summed E-state index contributed by atoms with van der Waals surface area (Å²) in [5, 5.41) is 1.22. The van der Waals surface area contributed by atoms with Crippen molar-refractivity contribution in [1.82, 2.24) is 9.55 Å². The number of nitrogens with zero attached hydrogens (tertiary/aromatic N) is 2. The summed E-state index contributed by atoms with van der Waals surface area (Å²) in [5.41, 5.74) is 2.37. The molecule has 0 radical (unpaired) electrons. The van der Waals surface area contributed by atoms with Crippen LogP contribution in [-0.4, -0.2) is 16.2 Å². The molecule has 0 aliphatic heterocycles. The normalized spacial score (nSPS) is 10.8. The zero-order chi connectivity index (χ0) is 13.8. The number of hydrogen-bond acceptors (Lipinski definition) is 2. The monoisotopic (exact) mass is 266 g/mol. The molecule has 0 bridgehead atoms. The van der Waals surface area contributed by atoms with Crippen molar-refractivity contribution in [1.29, 1.82) is 0 Å². The first kappa shape index (κ1) is 12.7. The summed E-state index contributed by atoms with van der Waals surface area (Å²) in [6.07, 6.45) is 4.92. The van der Waals surface area contributed by atoms with Crippen LogP contribution in [0.3, 0.4) is 0 Å². The molecule has 0 spiro atoms. The van der Waals surface area contributed by atoms with Crippen LogP contribution in [-0.2, 0) is 13.0 Å². The van der Waals surface area contributed by atoms with Gasteiger partial charge in [-0.1, -0.05) is 6.07 Å². The Hall–Kier alpha value is -2.29. The van der Waals surface area contributed by atoms with Gasteiger partial charge in [-0.05, 0) is 43.3 Å². The molecule has 0 saturated carbocycles. The number of pyridine rings is 1. The number of fused-ring (bicyclic) bond motifs is 1. The van der Waals surface area contributed by atoms with Crippen molar-refractivity contribution in [2.75, 3.05) is 6.61 Å². The van der Waals surface area contributed by atoms with Gasteiger partial charge in [-0.2, -0.15) is 0 Å². The predicted octanol–water partition coefficient (Wildman–Crippen LogP) is 3.68. The molecule has 0 atom stereocenters. The summed E-state index contributed by atoms with van der Waals surface area (Å²) in [7, 11) is 0. The molecule has 2 aromatic heterocycles. The highest BCUT2D eigenvalue weighted by Crippen LogP contribution is 2.22. The Labute approximate surface area is 118 Å². The fourth-order valence-electron chi connectivity index (χ4n) is 2.41. The van der Waals surface area contributed by atoms with Crippen LogP contribution in [0.25, 0.3) is 10.9 Å². The van der Waals surface area contributed by atoms with E-state index in [9.17, 15) is 0 Å². The van der Waals surface area contributed by atoms with E-state index in [0.29, 0.717) is 6.61 Å². The summed E-state index contributed by atoms with van der Waals surface area (Å²) in [6, 6.07) is 14.4. The molecule has 0 fully saturated rings. The van der Waals surface area contributed by atoms with Crippen LogP contribution in [0.1, 0.15) is 12.6 Å². The summed E-state index contributed by atoms with van der Waals surface area (Å²) in [4.78, 5) is 4.36. The van der Waals surface area contributed by atoms with Gasteiger partial charge in [0.05, 0.1) is 6.61 Å². The molecule has 0 unspecified atom stereocenters. The molecule has 0 amide bonds. The number of aryl methyl sites for hydroxylation is 2. The lowest BCUT2D eigenvalue weighted by atomic mass is 10.2. The molecule has 3 rings (SSSR count). The fourth-order valence-corrected chi connectivity index (χ4v) is 2.41. The van der Waals surface area contributed by atoms with Crippen molar-refractivity contribution >= 4 is 10.9 Å². The van der Waals surface area contributed by atoms with Crippen LogP contribution in [0, 0.1) is 0 Å². The average Bonchev–Trinajstić information content (AvgIpc) is 2.89. The Morgan fingerprint density at radius 2 is 2.10 bits per heavy atom. The topological polar surface area (TPSA) is 27.1 Å². The van der Waals surface area contributed by atoms with E-state index in [4.69, 9.17) is 4.74 Å². The maximum Gasteiger partial charge on any atom is 0.120 e. The van der Waals surface area contributed by atoms with Crippen LogP contribution in [0.4, 0.5) is 0 Å². The quantitative estimate of drug-likeness (QED) is 0.704. The van der Waals surface area contributed by atoms with Crippen molar-refractivity contribution in [3.05, 3.63) is 60.6 Å². The van der Waals surface area contributed by atoms with Crippen molar-refractivity contribution in [2.45, 2.75) is 19.9 Å². The third kappa shape index (κ3) is 2.67. The Kier molecular flexibility index (Phi) is 3.68. The fraction of sp³-hybridized carbons (Fsp3) is 0.235. The predicted molar refractivity (Wildman–Crippen MR) is 81.0 cm³/mol. The van der Waals surface area contributed by atoms with Gasteiger partial charge in [0.25, 0.3) is 0 Å². The maximum absolute atomic E-state index is 5.53. The number of hydrogen-bond donors (Lipinski definition) is 0. The van der Waals surface area contributed by atoms with Crippen molar-refractivity contribution in [2.24, 2.45) is 0 Å². The third-order valence-corrected chi connectivity index (χ3v) is 3.39. The van der Waals surface area contributed by atoms with Gasteiger partial charge < -0.3 is 9.30 Å². The number of rotatable bonds is 5. The van der Waals surface area contributed by atoms with E-state index in [0.717, 1.165) is 24.4 Å². The molecule has 102 valence electrons. The molecule has 0 saturated heterocycles. The molecule has 1 aromatic carbocycles. The third-order valence-electron chi connectivity index (χ3n) is 3.39. The molecule has 20 heavy (non-hydrogen) atoms. The van der Waals surface area contributed by atoms with Crippen LogP contribution >= 0.6 is 0 Å². The van der Waals surface area contributed by atoms with Crippen LogP contribution in [0.2, 0.25) is 0 Å². The zero-order valence-corrected chi connectivity index (χ0v) is 11.6. The highest BCUT2D eigenvalue weighted by Gasteiger charge is 2.03. The van der Waals surface area contributed by atoms with E-state index < -0.39 is 0 Å². The van der Waals surface area contributed by atoms with E-state index in [1.165, 1.54) is 10.9 Å². The van der Waals surface area contributed by atoms with Crippen molar-refractivity contribution in [3.63, 3.8) is 0 Å². The van der Waals surface area contributed by atoms with Gasteiger partial charge in [0.15, 0.2) is 0 Å². The Morgan fingerprint density at radius 1 is 1.15 bits per heavy atom. The second-order valence-electron chi connectivity index (χ2n) is 4.73. The van der Waals surface area contributed by atoms with Gasteiger partial charge in [0, 0.05) is 42.0 Å². The lowest BCUT2D eigenvalue weighted by Crippen LogP contribution is -2.01. The Bertz CT molecular complexity index is 689. The number of aromatic nitrogens is 2. The molecule has 0 N–H and O–H groups in total. The van der Waals surface area contributed by atoms with Gasteiger partial charge in [0.1, 0.15) is 5.75 Å². The second kappa shape index (κ2) is 5.78. The van der Waals surface area contributed by atoms with Gasteiger partial charge in [-0.25, -0.2) is 0 Å². The summed E-state index contributed by atoms with van der Waals surface area (Å²) in [6.45, 7) is 3.64. The molecule has 3 nitrogen and oxygen atoms in total. The minimum absolute atomic E-state index is 0.700. The second-order valence-corrected chi connectivity index (χ2v) is 4.73. The van der Waals surface area contributed by atoms with Crippen LogP contribution in [0.5, 0.6) is 5.75 Å². The first-order valence-corrected chi connectivity index (χ1v) is 6.98. The molecule has 3 aromatic rings. The summed E-state index contributed by atoms with van der Waals surface area (Å²) < 4.78 is 7.80. The lowest BCUT2D eigenvalue weighted by Gasteiger charge is -2.06. The van der Waals surface area contributed by atoms with Crippen LogP contribution in [0.15, 0.2) is 54.9 Å². The minimum Gasteiger partial charge on any atom is -0.494 e. The SMILES string of the molecule is CCOc1ccc2c(ccn2CCc2ccccn2)c1.